The molecule has 2 aliphatic rings. The summed E-state index contributed by atoms with van der Waals surface area (Å²) in [5, 5.41) is 7.83. The highest BCUT2D eigenvalue weighted by molar-refractivity contribution is 5.73. The number of amides is 1. The number of nitrogens with one attached hydrogen (secondary N) is 1. The summed E-state index contributed by atoms with van der Waals surface area (Å²) in [7, 11) is 1.80. The van der Waals surface area contributed by atoms with E-state index in [4.69, 9.17) is 10.5 Å². The number of halogens is 3. The molecule has 6 rings (SSSR count). The van der Waals surface area contributed by atoms with E-state index in [1.54, 1.807) is 43.5 Å². The van der Waals surface area contributed by atoms with Gasteiger partial charge in [0.05, 0.1) is 34.9 Å². The van der Waals surface area contributed by atoms with Crippen LogP contribution in [0.5, 0.6) is 0 Å². The van der Waals surface area contributed by atoms with Crippen LogP contribution in [-0.2, 0) is 15.2 Å². The zero-order valence-electron chi connectivity index (χ0n) is 24.9. The summed E-state index contributed by atoms with van der Waals surface area (Å²) >= 11 is 0. The largest absolute Gasteiger partial charge is 0.381 e. The minimum Gasteiger partial charge on any atom is -0.381 e. The molecular weight excluding hydrogens is 571 g/mol. The van der Waals surface area contributed by atoms with Crippen LogP contribution in [0, 0.1) is 17.6 Å². The van der Waals surface area contributed by atoms with Gasteiger partial charge in [0, 0.05) is 58.3 Å². The highest BCUT2D eigenvalue weighted by Gasteiger charge is 2.38. The van der Waals surface area contributed by atoms with Crippen LogP contribution in [0.4, 0.5) is 24.8 Å². The molecule has 44 heavy (non-hydrogen) atoms. The summed E-state index contributed by atoms with van der Waals surface area (Å²) in [5.41, 5.74) is 6.74. The van der Waals surface area contributed by atoms with Gasteiger partial charge in [-0.3, -0.25) is 9.78 Å². The standard InChI is InChI=1S/C32H36F3N7O2/c1-18-12-20(13-26(36)30(18)41(3)19(2)43)23-6-9-37-17-28(23)39-31-38-16-22-4-5-27(40-42(22)31)29-24(33)14-21(15-25(29)34)32(35)7-10-44-11-8-32/h4-6,9,14-18,20,26,30H,7-8,10-13,36H2,1-3H3,(H,38,39). The van der Waals surface area contributed by atoms with Gasteiger partial charge in [-0.1, -0.05) is 6.92 Å². The lowest BCUT2D eigenvalue weighted by atomic mass is 9.73. The number of hydrogen-bond acceptors (Lipinski definition) is 7. The lowest BCUT2D eigenvalue weighted by Gasteiger charge is -2.43. The second-order valence-electron chi connectivity index (χ2n) is 12.0. The molecule has 232 valence electrons. The number of carbonyl (C=O) groups excluding carboxylic acids is 1. The summed E-state index contributed by atoms with van der Waals surface area (Å²) in [4.78, 5) is 22.6. The van der Waals surface area contributed by atoms with Crippen molar-refractivity contribution in [1.29, 1.82) is 0 Å². The van der Waals surface area contributed by atoms with Crippen LogP contribution in [-0.4, -0.2) is 62.7 Å². The fourth-order valence-corrected chi connectivity index (χ4v) is 6.86. The SMILES string of the molecule is CC(=O)N(C)C1C(C)CC(c2ccncc2Nc2ncc3ccc(-c4c(F)cc(C5(F)CCOCC5)cc4F)nn23)CC1N. The first-order valence-electron chi connectivity index (χ1n) is 14.9. The van der Waals surface area contributed by atoms with Crippen LogP contribution < -0.4 is 11.1 Å². The first kappa shape index (κ1) is 30.0. The summed E-state index contributed by atoms with van der Waals surface area (Å²) in [6.45, 7) is 4.05. The Hall–Kier alpha value is -4.03. The molecule has 9 nitrogen and oxygen atoms in total. The third-order valence-corrected chi connectivity index (χ3v) is 9.20. The van der Waals surface area contributed by atoms with Crippen molar-refractivity contribution in [2.24, 2.45) is 11.7 Å². The first-order chi connectivity index (χ1) is 21.1. The summed E-state index contributed by atoms with van der Waals surface area (Å²) < 4.78 is 52.9. The molecule has 4 aromatic rings. The van der Waals surface area contributed by atoms with Crippen LogP contribution >= 0.6 is 0 Å². The Bertz CT molecular complexity index is 1650. The summed E-state index contributed by atoms with van der Waals surface area (Å²) in [5.74, 6) is -1.19. The quantitative estimate of drug-likeness (QED) is 0.299. The van der Waals surface area contributed by atoms with Crippen LogP contribution in [0.15, 0.2) is 48.9 Å². The number of nitrogens with zero attached hydrogens (tertiary/aromatic N) is 5. The van der Waals surface area contributed by atoms with Gasteiger partial charge in [-0.05, 0) is 66.1 Å². The molecule has 1 amide bonds. The van der Waals surface area contributed by atoms with Gasteiger partial charge in [0.25, 0.3) is 0 Å². The molecule has 3 N–H and O–H groups in total. The number of fused-ring (bicyclic) bond motifs is 1. The number of nitrogens with two attached hydrogens (primary N) is 1. The molecule has 0 bridgehead atoms. The van der Waals surface area contributed by atoms with E-state index in [9.17, 15) is 4.79 Å². The Morgan fingerprint density at radius 2 is 1.86 bits per heavy atom. The van der Waals surface area contributed by atoms with E-state index in [0.29, 0.717) is 23.6 Å². The Labute approximate surface area is 253 Å². The number of pyridine rings is 1. The molecule has 1 aliphatic heterocycles. The molecule has 4 atom stereocenters. The Morgan fingerprint density at radius 1 is 1.14 bits per heavy atom. The lowest BCUT2D eigenvalue weighted by Crippen LogP contribution is -2.54. The van der Waals surface area contributed by atoms with Gasteiger partial charge in [-0.2, -0.15) is 9.61 Å². The number of imidazole rings is 1. The average molecular weight is 608 g/mol. The van der Waals surface area contributed by atoms with Gasteiger partial charge in [0.2, 0.25) is 11.9 Å². The zero-order valence-corrected chi connectivity index (χ0v) is 24.9. The van der Waals surface area contributed by atoms with Crippen molar-refractivity contribution >= 4 is 23.1 Å². The van der Waals surface area contributed by atoms with Crippen molar-refractivity contribution in [2.45, 2.75) is 63.2 Å². The highest BCUT2D eigenvalue weighted by atomic mass is 19.1. The van der Waals surface area contributed by atoms with Crippen LogP contribution in [0.25, 0.3) is 16.8 Å². The minimum atomic E-state index is -1.84. The molecular formula is C32H36F3N7O2. The summed E-state index contributed by atoms with van der Waals surface area (Å²) in [6, 6.07) is 6.97. The average Bonchev–Trinajstić information content (AvgIpc) is 3.38. The number of benzene rings is 1. The van der Waals surface area contributed by atoms with E-state index in [-0.39, 0.29) is 72.7 Å². The molecule has 3 aromatic heterocycles. The molecule has 0 radical (unpaired) electrons. The number of aromatic nitrogens is 4. The summed E-state index contributed by atoms with van der Waals surface area (Å²) in [6.07, 6.45) is 6.60. The monoisotopic (exact) mass is 607 g/mol. The minimum absolute atomic E-state index is 0.0126. The van der Waals surface area contributed by atoms with E-state index in [1.165, 1.54) is 10.6 Å². The molecule has 0 spiro atoms. The van der Waals surface area contributed by atoms with Gasteiger partial charge < -0.3 is 20.7 Å². The topological polar surface area (TPSA) is 111 Å². The van der Waals surface area contributed by atoms with Crippen molar-refractivity contribution in [1.82, 2.24) is 24.5 Å². The van der Waals surface area contributed by atoms with Crippen molar-refractivity contribution in [3.63, 3.8) is 0 Å². The molecule has 2 fully saturated rings. The van der Waals surface area contributed by atoms with E-state index in [0.717, 1.165) is 24.1 Å². The zero-order chi connectivity index (χ0) is 31.2. The van der Waals surface area contributed by atoms with Gasteiger partial charge in [-0.25, -0.2) is 18.2 Å². The molecule has 4 unspecified atom stereocenters. The van der Waals surface area contributed by atoms with Crippen LogP contribution in [0.2, 0.25) is 0 Å². The van der Waals surface area contributed by atoms with E-state index in [1.807, 2.05) is 6.07 Å². The molecule has 12 heteroatoms. The normalized spacial score (nSPS) is 23.4. The fraction of sp³-hybridized carbons (Fsp3) is 0.438. The molecule has 1 saturated heterocycles. The first-order valence-corrected chi connectivity index (χ1v) is 14.9. The molecule has 1 saturated carbocycles. The van der Waals surface area contributed by atoms with E-state index < -0.39 is 17.3 Å². The lowest BCUT2D eigenvalue weighted by molar-refractivity contribution is -0.131. The second-order valence-corrected chi connectivity index (χ2v) is 12.0. The Kier molecular flexibility index (Phi) is 8.06. The van der Waals surface area contributed by atoms with Gasteiger partial charge >= 0.3 is 0 Å². The number of hydrogen-bond donors (Lipinski definition) is 2. The second kappa shape index (κ2) is 11.8. The maximum atomic E-state index is 15.4. The maximum Gasteiger partial charge on any atom is 0.229 e. The Balaban J connectivity index is 1.29. The predicted octanol–water partition coefficient (Wildman–Crippen LogP) is 5.48. The number of rotatable bonds is 6. The van der Waals surface area contributed by atoms with Gasteiger partial charge in [-0.15, -0.1) is 0 Å². The molecule has 1 aromatic carbocycles. The highest BCUT2D eigenvalue weighted by Crippen LogP contribution is 2.41. The van der Waals surface area contributed by atoms with Crippen LogP contribution in [0.1, 0.15) is 56.6 Å². The van der Waals surface area contributed by atoms with Crippen molar-refractivity contribution in [3.8, 4) is 11.3 Å². The number of carbonyl (C=O) groups is 1. The molecule has 1 aliphatic carbocycles. The van der Waals surface area contributed by atoms with E-state index >= 15 is 13.2 Å². The predicted molar refractivity (Wildman–Crippen MR) is 160 cm³/mol. The van der Waals surface area contributed by atoms with Gasteiger partial charge in [0.1, 0.15) is 17.3 Å². The smallest absolute Gasteiger partial charge is 0.229 e. The third-order valence-electron chi connectivity index (χ3n) is 9.20. The van der Waals surface area contributed by atoms with Crippen LogP contribution in [0.3, 0.4) is 0 Å². The molecule has 4 heterocycles. The van der Waals surface area contributed by atoms with Crippen molar-refractivity contribution in [2.75, 3.05) is 25.6 Å². The fourth-order valence-electron chi connectivity index (χ4n) is 6.86. The van der Waals surface area contributed by atoms with Crippen molar-refractivity contribution < 1.29 is 22.7 Å². The third kappa shape index (κ3) is 5.52. The number of ether oxygens (including phenoxy) is 1. The maximum absolute atomic E-state index is 15.4. The Morgan fingerprint density at radius 3 is 2.55 bits per heavy atom. The van der Waals surface area contributed by atoms with Crippen molar-refractivity contribution in [3.05, 3.63) is 71.7 Å². The van der Waals surface area contributed by atoms with Gasteiger partial charge in [0.15, 0.2) is 0 Å². The number of alkyl halides is 1. The number of anilines is 2. The van der Waals surface area contributed by atoms with E-state index in [2.05, 4.69) is 27.3 Å². The number of likely N-dealkylation sites (N-methyl/N-ethyl adjacent to an activating group) is 1.